The molecule has 0 unspecified atom stereocenters. The highest BCUT2D eigenvalue weighted by Gasteiger charge is 2.34. The van der Waals surface area contributed by atoms with E-state index in [0.717, 1.165) is 40.8 Å². The maximum absolute atomic E-state index is 13.9. The van der Waals surface area contributed by atoms with Crippen LogP contribution in [0.1, 0.15) is 34.7 Å². The summed E-state index contributed by atoms with van der Waals surface area (Å²) in [5, 5.41) is 9.64. The largest absolute Gasteiger partial charge is 0.508 e. The summed E-state index contributed by atoms with van der Waals surface area (Å²) in [5.41, 5.74) is 6.01. The number of aryl methyl sites for hydroxylation is 1. The number of allylic oxidation sites excluding steroid dienone is 1. The molecule has 2 aliphatic rings. The van der Waals surface area contributed by atoms with Crippen LogP contribution in [0.4, 0.5) is 0 Å². The van der Waals surface area contributed by atoms with E-state index >= 15 is 0 Å². The number of phenols is 1. The Kier molecular flexibility index (Phi) is 5.49. The van der Waals surface area contributed by atoms with Crippen LogP contribution in [-0.4, -0.2) is 23.9 Å². The third-order valence-electron chi connectivity index (χ3n) is 6.79. The van der Waals surface area contributed by atoms with Crippen molar-refractivity contribution in [3.05, 3.63) is 114 Å². The van der Waals surface area contributed by atoms with Crippen LogP contribution in [0.3, 0.4) is 0 Å². The summed E-state index contributed by atoms with van der Waals surface area (Å²) >= 11 is 1.37. The predicted octanol–water partition coefficient (Wildman–Crippen LogP) is 4.04. The number of ether oxygens (including phenoxy) is 2. The maximum atomic E-state index is 13.9. The van der Waals surface area contributed by atoms with Crippen molar-refractivity contribution in [1.29, 1.82) is 0 Å². The van der Waals surface area contributed by atoms with Crippen LogP contribution in [0, 0.1) is 0 Å². The lowest BCUT2D eigenvalue weighted by atomic mass is 9.83. The molecular formula is C29H24N2O4S. The Morgan fingerprint density at radius 2 is 1.81 bits per heavy atom. The number of aromatic hydroxyl groups is 1. The number of rotatable bonds is 4. The van der Waals surface area contributed by atoms with Gasteiger partial charge in [-0.2, -0.15) is 0 Å². The molecular weight excluding hydrogens is 472 g/mol. The van der Waals surface area contributed by atoms with Gasteiger partial charge in [0.15, 0.2) is 16.3 Å². The number of methoxy groups -OCH3 is 2. The Morgan fingerprint density at radius 3 is 2.58 bits per heavy atom. The zero-order chi connectivity index (χ0) is 24.8. The second kappa shape index (κ2) is 8.84. The van der Waals surface area contributed by atoms with Crippen molar-refractivity contribution < 1.29 is 14.6 Å². The molecule has 1 aliphatic heterocycles. The molecule has 7 heteroatoms. The molecule has 0 saturated heterocycles. The molecule has 36 heavy (non-hydrogen) atoms. The van der Waals surface area contributed by atoms with Gasteiger partial charge in [-0.25, -0.2) is 4.99 Å². The van der Waals surface area contributed by atoms with E-state index in [1.165, 1.54) is 16.9 Å². The lowest BCUT2D eigenvalue weighted by Gasteiger charge is -2.31. The quantitative estimate of drug-likeness (QED) is 0.463. The number of nitrogens with zero attached hydrogens (tertiary/aromatic N) is 2. The Bertz CT molecular complexity index is 1700. The van der Waals surface area contributed by atoms with Crippen LogP contribution in [0.2, 0.25) is 0 Å². The molecule has 1 aromatic heterocycles. The van der Waals surface area contributed by atoms with Crippen LogP contribution in [0.5, 0.6) is 17.2 Å². The summed E-state index contributed by atoms with van der Waals surface area (Å²) in [5.74, 6) is 1.42. The van der Waals surface area contributed by atoms with Crippen molar-refractivity contribution >= 4 is 23.1 Å². The molecule has 1 atom stereocenters. The van der Waals surface area contributed by atoms with E-state index in [4.69, 9.17) is 14.5 Å². The van der Waals surface area contributed by atoms with Crippen molar-refractivity contribution in [1.82, 2.24) is 4.57 Å². The molecule has 0 radical (unpaired) electrons. The summed E-state index contributed by atoms with van der Waals surface area (Å²) in [7, 11) is 3.24. The number of benzene rings is 3. The third-order valence-corrected chi connectivity index (χ3v) is 7.77. The zero-order valence-electron chi connectivity index (χ0n) is 19.9. The van der Waals surface area contributed by atoms with Gasteiger partial charge in [-0.3, -0.25) is 9.36 Å². The maximum Gasteiger partial charge on any atom is 0.271 e. The monoisotopic (exact) mass is 496 g/mol. The fourth-order valence-corrected chi connectivity index (χ4v) is 6.15. The summed E-state index contributed by atoms with van der Waals surface area (Å²) in [4.78, 5) is 19.6. The molecule has 1 aliphatic carbocycles. The van der Waals surface area contributed by atoms with Crippen LogP contribution in [0.25, 0.3) is 11.8 Å². The zero-order valence-corrected chi connectivity index (χ0v) is 20.7. The van der Waals surface area contributed by atoms with E-state index in [0.29, 0.717) is 20.8 Å². The van der Waals surface area contributed by atoms with E-state index in [-0.39, 0.29) is 17.4 Å². The van der Waals surface area contributed by atoms with Gasteiger partial charge in [0, 0.05) is 11.1 Å². The highest BCUT2D eigenvalue weighted by atomic mass is 32.1. The average molecular weight is 497 g/mol. The van der Waals surface area contributed by atoms with E-state index < -0.39 is 0 Å². The lowest BCUT2D eigenvalue weighted by Crippen LogP contribution is -2.39. The van der Waals surface area contributed by atoms with E-state index in [1.807, 2.05) is 30.3 Å². The summed E-state index contributed by atoms with van der Waals surface area (Å²) in [6.45, 7) is 0. The fraction of sp³-hybridized carbons (Fsp3) is 0.172. The minimum atomic E-state index is -0.364. The average Bonchev–Trinajstić information content (AvgIpc) is 3.22. The SMILES string of the molecule is COc1cccc([C@@H]2C3=C(N=c4s/c(=C\c5ccc(O)cc5)c(=O)n42)c2ccccc2CC3)c1OC. The smallest absolute Gasteiger partial charge is 0.271 e. The molecule has 3 aromatic carbocycles. The van der Waals surface area contributed by atoms with Gasteiger partial charge in [0.2, 0.25) is 0 Å². The summed E-state index contributed by atoms with van der Waals surface area (Å²) < 4.78 is 13.8. The number of thiazole rings is 1. The minimum absolute atomic E-state index is 0.105. The summed E-state index contributed by atoms with van der Waals surface area (Å²) in [6.07, 6.45) is 3.52. The van der Waals surface area contributed by atoms with E-state index in [2.05, 4.69) is 18.2 Å². The number of fused-ring (bicyclic) bond motifs is 3. The standard InChI is InChI=1S/C29H24N2O4S/c1-34-23-9-5-8-22(27(23)35-2)26-21-15-12-18-6-3-4-7-20(18)25(21)30-29-31(26)28(33)24(36-29)16-17-10-13-19(32)14-11-17/h3-11,13-14,16,26,32H,12,15H2,1-2H3/b24-16-/t26-/m0/s1. The van der Waals surface area contributed by atoms with Crippen molar-refractivity contribution in [3.63, 3.8) is 0 Å². The highest BCUT2D eigenvalue weighted by molar-refractivity contribution is 7.07. The van der Waals surface area contributed by atoms with Gasteiger partial charge in [-0.05, 0) is 53.8 Å². The summed E-state index contributed by atoms with van der Waals surface area (Å²) in [6, 6.07) is 20.6. The number of para-hydroxylation sites is 1. The molecule has 180 valence electrons. The van der Waals surface area contributed by atoms with Gasteiger partial charge in [0.05, 0.1) is 30.5 Å². The molecule has 6 rings (SSSR count). The third kappa shape index (κ3) is 3.55. The molecule has 0 fully saturated rings. The number of hydrogen-bond acceptors (Lipinski definition) is 6. The first-order chi connectivity index (χ1) is 17.6. The first-order valence-corrected chi connectivity index (χ1v) is 12.5. The van der Waals surface area contributed by atoms with E-state index in [9.17, 15) is 9.90 Å². The molecule has 0 spiro atoms. The number of hydrogen-bond donors (Lipinski definition) is 1. The second-order valence-corrected chi connectivity index (χ2v) is 9.80. The molecule has 6 nitrogen and oxygen atoms in total. The van der Waals surface area contributed by atoms with Crippen LogP contribution in [-0.2, 0) is 6.42 Å². The first kappa shape index (κ1) is 22.4. The van der Waals surface area contributed by atoms with Crippen molar-refractivity contribution in [2.45, 2.75) is 18.9 Å². The predicted molar refractivity (Wildman–Crippen MR) is 140 cm³/mol. The molecule has 2 heterocycles. The molecule has 0 amide bonds. The van der Waals surface area contributed by atoms with E-state index in [1.54, 1.807) is 43.1 Å². The molecule has 4 aromatic rings. The number of aromatic nitrogens is 1. The molecule has 0 bridgehead atoms. The Morgan fingerprint density at radius 1 is 1.00 bits per heavy atom. The fourth-order valence-electron chi connectivity index (χ4n) is 5.15. The molecule has 0 saturated carbocycles. The normalized spacial score (nSPS) is 16.6. The minimum Gasteiger partial charge on any atom is -0.508 e. The number of phenolic OH excluding ortho intramolecular Hbond substituents is 1. The van der Waals surface area contributed by atoms with Gasteiger partial charge in [0.25, 0.3) is 5.56 Å². The highest BCUT2D eigenvalue weighted by Crippen LogP contribution is 2.45. The van der Waals surface area contributed by atoms with Crippen LogP contribution >= 0.6 is 11.3 Å². The van der Waals surface area contributed by atoms with Crippen LogP contribution < -0.4 is 24.4 Å². The molecule has 1 N–H and O–H groups in total. The topological polar surface area (TPSA) is 73.0 Å². The van der Waals surface area contributed by atoms with Gasteiger partial charge in [-0.1, -0.05) is 59.9 Å². The lowest BCUT2D eigenvalue weighted by molar-refractivity contribution is 0.348. The van der Waals surface area contributed by atoms with Crippen molar-refractivity contribution in [2.75, 3.05) is 14.2 Å². The van der Waals surface area contributed by atoms with Gasteiger partial charge in [0.1, 0.15) is 5.75 Å². The Labute approximate surface area is 211 Å². The van der Waals surface area contributed by atoms with Gasteiger partial charge < -0.3 is 14.6 Å². The Hall–Kier alpha value is -4.10. The second-order valence-electron chi connectivity index (χ2n) is 8.79. The first-order valence-electron chi connectivity index (χ1n) is 11.7. The van der Waals surface area contributed by atoms with Gasteiger partial charge >= 0.3 is 0 Å². The van der Waals surface area contributed by atoms with Crippen molar-refractivity contribution in [3.8, 4) is 17.2 Å². The van der Waals surface area contributed by atoms with Crippen molar-refractivity contribution in [2.24, 2.45) is 4.99 Å². The van der Waals surface area contributed by atoms with Gasteiger partial charge in [-0.15, -0.1) is 0 Å². The Balaban J connectivity index is 1.65. The van der Waals surface area contributed by atoms with Crippen LogP contribution in [0.15, 0.2) is 82.1 Å².